The quantitative estimate of drug-likeness (QED) is 0.413. The number of rotatable bonds is 5. The van der Waals surface area contributed by atoms with Crippen LogP contribution in [0.15, 0.2) is 36.5 Å². The van der Waals surface area contributed by atoms with Crippen LogP contribution in [0.3, 0.4) is 0 Å². The number of aryl methyl sites for hydroxylation is 1. The Balaban J connectivity index is 1.37. The van der Waals surface area contributed by atoms with Crippen molar-refractivity contribution in [2.24, 2.45) is 0 Å². The second-order valence-electron chi connectivity index (χ2n) is 8.52. The van der Waals surface area contributed by atoms with Crippen molar-refractivity contribution >= 4 is 34.1 Å². The molecule has 0 unspecified atom stereocenters. The number of nitrogens with one attached hydrogen (secondary N) is 3. The van der Waals surface area contributed by atoms with Crippen LogP contribution >= 0.6 is 0 Å². The Morgan fingerprint density at radius 3 is 2.82 bits per heavy atom. The minimum Gasteiger partial charge on any atom is -0.497 e. The van der Waals surface area contributed by atoms with Gasteiger partial charge in [-0.2, -0.15) is 5.10 Å². The molecule has 4 aromatic rings. The van der Waals surface area contributed by atoms with Crippen LogP contribution in [0.25, 0.3) is 10.9 Å². The van der Waals surface area contributed by atoms with E-state index in [1.54, 1.807) is 38.4 Å². The Hall–Kier alpha value is -4.21. The number of nitrogens with zero attached hydrogens (tertiary/aromatic N) is 3. The molecule has 1 fully saturated rings. The van der Waals surface area contributed by atoms with Gasteiger partial charge in [-0.1, -0.05) is 6.07 Å². The van der Waals surface area contributed by atoms with Crippen molar-refractivity contribution in [2.75, 3.05) is 24.9 Å². The highest BCUT2D eigenvalue weighted by atomic mass is 19.1. The molecule has 0 radical (unpaired) electrons. The summed E-state index contributed by atoms with van der Waals surface area (Å²) in [6, 6.07) is 9.01. The Labute approximate surface area is 193 Å². The monoisotopic (exact) mass is 460 g/mol. The Bertz CT molecular complexity index is 1490. The molecule has 34 heavy (non-hydrogen) atoms. The zero-order chi connectivity index (χ0) is 23.6. The van der Waals surface area contributed by atoms with Gasteiger partial charge in [0.05, 0.1) is 25.8 Å². The van der Waals surface area contributed by atoms with Gasteiger partial charge < -0.3 is 20.1 Å². The number of benzene rings is 2. The average molecular weight is 460 g/mol. The summed E-state index contributed by atoms with van der Waals surface area (Å²) >= 11 is 0. The molecular formula is C24H21FN6O3. The number of halogens is 1. The Kier molecular flexibility index (Phi) is 4.29. The number of aromatic nitrogens is 4. The molecule has 2 aromatic carbocycles. The van der Waals surface area contributed by atoms with Gasteiger partial charge in [0.1, 0.15) is 17.1 Å². The van der Waals surface area contributed by atoms with Crippen LogP contribution < -0.4 is 20.1 Å². The van der Waals surface area contributed by atoms with Crippen molar-refractivity contribution in [3.63, 3.8) is 0 Å². The third kappa shape index (κ3) is 2.77. The maximum absolute atomic E-state index is 15.7. The predicted molar refractivity (Wildman–Crippen MR) is 123 cm³/mol. The molecule has 1 saturated carbocycles. The number of hydrogen-bond donors (Lipinski definition) is 3. The van der Waals surface area contributed by atoms with Crippen molar-refractivity contribution in [3.8, 4) is 11.5 Å². The number of anilines is 3. The van der Waals surface area contributed by atoms with Crippen molar-refractivity contribution in [1.82, 2.24) is 20.2 Å². The standard InChI is InChI=1S/C24H21FN6O3/c1-11-26-10-18(34-3)22(27-11)29-21-14-6-5-13(19(25)20(14)30-31-21)16-9-24(16)15-8-12(33-2)4-7-17(15)28-23(24)32/h4-8,10,16H,9H2,1-3H3,(H,28,32)(H2,26,27,29,30,31)/t16-,24-/m0/s1. The lowest BCUT2D eigenvalue weighted by molar-refractivity contribution is -0.118. The number of carbonyl (C=O) groups excluding carboxylic acids is 1. The van der Waals surface area contributed by atoms with Crippen LogP contribution in [0, 0.1) is 12.7 Å². The van der Waals surface area contributed by atoms with E-state index in [2.05, 4.69) is 30.8 Å². The fraction of sp³-hybridized carbons (Fsp3) is 0.250. The smallest absolute Gasteiger partial charge is 0.235 e. The number of carbonyl (C=O) groups is 1. The SMILES string of the molecule is COc1ccc2c(c1)[C@]1(C[C@H]1c1ccc3c(Nc4nc(C)ncc4OC)n[nH]c3c1F)C(=O)N2. The molecule has 3 heterocycles. The van der Waals surface area contributed by atoms with Crippen LogP contribution in [0.4, 0.5) is 21.7 Å². The van der Waals surface area contributed by atoms with E-state index in [4.69, 9.17) is 9.47 Å². The maximum atomic E-state index is 15.7. The van der Waals surface area contributed by atoms with Gasteiger partial charge >= 0.3 is 0 Å². The summed E-state index contributed by atoms with van der Waals surface area (Å²) in [5, 5.41) is 13.6. The summed E-state index contributed by atoms with van der Waals surface area (Å²) in [5.41, 5.74) is 1.54. The second-order valence-corrected chi connectivity index (χ2v) is 8.52. The number of amides is 1. The molecule has 1 aliphatic heterocycles. The lowest BCUT2D eigenvalue weighted by Crippen LogP contribution is -2.21. The highest BCUT2D eigenvalue weighted by Crippen LogP contribution is 2.65. The highest BCUT2D eigenvalue weighted by molar-refractivity contribution is 6.10. The number of methoxy groups -OCH3 is 2. The summed E-state index contributed by atoms with van der Waals surface area (Å²) in [6.07, 6.45) is 2.09. The first-order chi connectivity index (χ1) is 16.5. The molecule has 0 bridgehead atoms. The third-order valence-corrected chi connectivity index (χ3v) is 6.74. The first-order valence-corrected chi connectivity index (χ1v) is 10.8. The molecule has 1 amide bonds. The second kappa shape index (κ2) is 7.14. The van der Waals surface area contributed by atoms with Gasteiger partial charge in [0, 0.05) is 17.0 Å². The van der Waals surface area contributed by atoms with E-state index >= 15 is 4.39 Å². The van der Waals surface area contributed by atoms with Crippen molar-refractivity contribution in [2.45, 2.75) is 24.7 Å². The van der Waals surface area contributed by atoms with Gasteiger partial charge in [-0.05, 0) is 48.7 Å². The molecule has 6 rings (SSSR count). The number of ether oxygens (including phenoxy) is 2. The lowest BCUT2D eigenvalue weighted by atomic mass is 9.91. The van der Waals surface area contributed by atoms with Crippen molar-refractivity contribution < 1.29 is 18.7 Å². The maximum Gasteiger partial charge on any atom is 0.235 e. The third-order valence-electron chi connectivity index (χ3n) is 6.74. The lowest BCUT2D eigenvalue weighted by Gasteiger charge is -2.11. The zero-order valence-corrected chi connectivity index (χ0v) is 18.7. The first-order valence-electron chi connectivity index (χ1n) is 10.8. The summed E-state index contributed by atoms with van der Waals surface area (Å²) in [4.78, 5) is 21.4. The molecule has 1 spiro atoms. The van der Waals surface area contributed by atoms with Gasteiger partial charge in [0.25, 0.3) is 0 Å². The van der Waals surface area contributed by atoms with Crippen LogP contribution in [0.1, 0.15) is 29.3 Å². The normalized spacial score (nSPS) is 20.4. The minimum absolute atomic E-state index is 0.113. The topological polar surface area (TPSA) is 114 Å². The van der Waals surface area contributed by atoms with E-state index in [0.29, 0.717) is 46.3 Å². The van der Waals surface area contributed by atoms with E-state index in [0.717, 1.165) is 11.3 Å². The number of hydrogen-bond acceptors (Lipinski definition) is 7. The van der Waals surface area contributed by atoms with Gasteiger partial charge in [-0.3, -0.25) is 9.89 Å². The van der Waals surface area contributed by atoms with E-state index in [-0.39, 0.29) is 17.3 Å². The molecule has 0 saturated heterocycles. The van der Waals surface area contributed by atoms with E-state index < -0.39 is 11.2 Å². The van der Waals surface area contributed by atoms with Crippen LogP contribution in [-0.4, -0.2) is 40.3 Å². The molecule has 2 atom stereocenters. The van der Waals surface area contributed by atoms with Crippen molar-refractivity contribution in [3.05, 3.63) is 59.3 Å². The highest BCUT2D eigenvalue weighted by Gasteiger charge is 2.65. The fourth-order valence-electron chi connectivity index (χ4n) is 4.92. The van der Waals surface area contributed by atoms with E-state index in [1.165, 1.54) is 7.11 Å². The Morgan fingerprint density at radius 2 is 2.03 bits per heavy atom. The molecule has 2 aromatic heterocycles. The summed E-state index contributed by atoms with van der Waals surface area (Å²) in [5.74, 6) is 1.69. The summed E-state index contributed by atoms with van der Waals surface area (Å²) < 4.78 is 26.3. The Morgan fingerprint density at radius 1 is 1.18 bits per heavy atom. The average Bonchev–Trinajstić information content (AvgIpc) is 3.36. The molecule has 10 heteroatoms. The van der Waals surface area contributed by atoms with E-state index in [9.17, 15) is 4.79 Å². The molecular weight excluding hydrogens is 439 g/mol. The molecule has 2 aliphatic rings. The molecule has 9 nitrogen and oxygen atoms in total. The zero-order valence-electron chi connectivity index (χ0n) is 18.7. The van der Waals surface area contributed by atoms with Gasteiger partial charge in [0.15, 0.2) is 23.2 Å². The predicted octanol–water partition coefficient (Wildman–Crippen LogP) is 3.94. The van der Waals surface area contributed by atoms with Crippen LogP contribution in [0.5, 0.6) is 11.5 Å². The molecule has 3 N–H and O–H groups in total. The fourth-order valence-corrected chi connectivity index (χ4v) is 4.92. The van der Waals surface area contributed by atoms with Gasteiger partial charge in [-0.15, -0.1) is 0 Å². The first kappa shape index (κ1) is 20.4. The number of fused-ring (bicyclic) bond motifs is 3. The van der Waals surface area contributed by atoms with Crippen LogP contribution in [-0.2, 0) is 10.2 Å². The summed E-state index contributed by atoms with van der Waals surface area (Å²) in [7, 11) is 3.10. The van der Waals surface area contributed by atoms with Gasteiger partial charge in [-0.25, -0.2) is 14.4 Å². The largest absolute Gasteiger partial charge is 0.497 e. The van der Waals surface area contributed by atoms with E-state index in [1.807, 2.05) is 12.1 Å². The van der Waals surface area contributed by atoms with Crippen LogP contribution in [0.2, 0.25) is 0 Å². The number of aromatic amines is 1. The van der Waals surface area contributed by atoms with Crippen molar-refractivity contribution in [1.29, 1.82) is 0 Å². The van der Waals surface area contributed by atoms with Gasteiger partial charge in [0.2, 0.25) is 5.91 Å². The molecule has 1 aliphatic carbocycles. The minimum atomic E-state index is -0.786. The summed E-state index contributed by atoms with van der Waals surface area (Å²) in [6.45, 7) is 1.76. The molecule has 172 valence electrons. The number of H-pyrrole nitrogens is 1.